The zero-order valence-corrected chi connectivity index (χ0v) is 12.9. The molecule has 0 aliphatic heterocycles. The molecule has 0 amide bonds. The van der Waals surface area contributed by atoms with E-state index in [-0.39, 0.29) is 21.6 Å². The summed E-state index contributed by atoms with van der Waals surface area (Å²) < 4.78 is 28.3. The van der Waals surface area contributed by atoms with Gasteiger partial charge in [0, 0.05) is 19.0 Å². The predicted molar refractivity (Wildman–Crippen MR) is 78.7 cm³/mol. The SMILES string of the molecule is CNc1cc(-c2c(F)ccc(Br)c2F)nc(C(C)C)n1. The molecule has 1 aromatic carbocycles. The van der Waals surface area contributed by atoms with Crippen molar-refractivity contribution in [2.45, 2.75) is 19.8 Å². The molecular weight excluding hydrogens is 328 g/mol. The lowest BCUT2D eigenvalue weighted by atomic mass is 10.1. The molecule has 0 aliphatic carbocycles. The van der Waals surface area contributed by atoms with Gasteiger partial charge in [0.05, 0.1) is 15.7 Å². The largest absolute Gasteiger partial charge is 0.373 e. The van der Waals surface area contributed by atoms with E-state index in [1.165, 1.54) is 18.2 Å². The molecule has 2 aromatic rings. The lowest BCUT2D eigenvalue weighted by molar-refractivity contribution is 0.584. The minimum Gasteiger partial charge on any atom is -0.373 e. The van der Waals surface area contributed by atoms with Crippen molar-refractivity contribution in [3.05, 3.63) is 40.1 Å². The van der Waals surface area contributed by atoms with Crippen molar-refractivity contribution < 1.29 is 8.78 Å². The molecule has 0 bridgehead atoms. The molecule has 1 N–H and O–H groups in total. The van der Waals surface area contributed by atoms with E-state index in [2.05, 4.69) is 31.2 Å². The number of benzene rings is 1. The van der Waals surface area contributed by atoms with E-state index in [0.717, 1.165) is 0 Å². The average molecular weight is 342 g/mol. The Morgan fingerprint density at radius 2 is 1.90 bits per heavy atom. The van der Waals surface area contributed by atoms with Crippen LogP contribution in [0.3, 0.4) is 0 Å². The molecule has 1 heterocycles. The highest BCUT2D eigenvalue weighted by Gasteiger charge is 2.18. The lowest BCUT2D eigenvalue weighted by Crippen LogP contribution is -2.05. The molecule has 0 spiro atoms. The molecule has 0 fully saturated rings. The van der Waals surface area contributed by atoms with Crippen LogP contribution in [0.1, 0.15) is 25.6 Å². The van der Waals surface area contributed by atoms with E-state index in [1.807, 2.05) is 13.8 Å². The third kappa shape index (κ3) is 2.80. The van der Waals surface area contributed by atoms with Gasteiger partial charge in [0.2, 0.25) is 0 Å². The molecule has 0 atom stereocenters. The van der Waals surface area contributed by atoms with Crippen molar-refractivity contribution in [1.82, 2.24) is 9.97 Å². The molecule has 106 valence electrons. The molecule has 0 aliphatic rings. The molecule has 2 rings (SSSR count). The molecule has 20 heavy (non-hydrogen) atoms. The summed E-state index contributed by atoms with van der Waals surface area (Å²) in [7, 11) is 1.70. The van der Waals surface area contributed by atoms with Gasteiger partial charge in [-0.1, -0.05) is 13.8 Å². The Kier molecular flexibility index (Phi) is 4.32. The quantitative estimate of drug-likeness (QED) is 0.843. The van der Waals surface area contributed by atoms with Gasteiger partial charge in [-0.3, -0.25) is 0 Å². The normalized spacial score (nSPS) is 10.9. The maximum Gasteiger partial charge on any atom is 0.149 e. The van der Waals surface area contributed by atoms with Crippen molar-refractivity contribution in [3.8, 4) is 11.3 Å². The first-order valence-corrected chi connectivity index (χ1v) is 6.94. The Morgan fingerprint density at radius 1 is 1.20 bits per heavy atom. The van der Waals surface area contributed by atoms with Gasteiger partial charge < -0.3 is 5.32 Å². The average Bonchev–Trinajstić information content (AvgIpc) is 2.43. The highest BCUT2D eigenvalue weighted by molar-refractivity contribution is 9.10. The smallest absolute Gasteiger partial charge is 0.149 e. The predicted octanol–water partition coefficient (Wildman–Crippen LogP) is 4.35. The number of halogens is 3. The highest BCUT2D eigenvalue weighted by atomic mass is 79.9. The maximum absolute atomic E-state index is 14.1. The monoisotopic (exact) mass is 341 g/mol. The highest BCUT2D eigenvalue weighted by Crippen LogP contribution is 2.31. The lowest BCUT2D eigenvalue weighted by Gasteiger charge is -2.11. The summed E-state index contributed by atoms with van der Waals surface area (Å²) in [6, 6.07) is 4.07. The molecule has 6 heteroatoms. The van der Waals surface area contributed by atoms with Crippen LogP contribution in [0.15, 0.2) is 22.7 Å². The van der Waals surface area contributed by atoms with Crippen molar-refractivity contribution in [3.63, 3.8) is 0 Å². The first-order chi connectivity index (χ1) is 9.43. The van der Waals surface area contributed by atoms with Gasteiger partial charge in [-0.2, -0.15) is 0 Å². The van der Waals surface area contributed by atoms with Crippen LogP contribution in [0.2, 0.25) is 0 Å². The van der Waals surface area contributed by atoms with Crippen molar-refractivity contribution in [2.75, 3.05) is 12.4 Å². The van der Waals surface area contributed by atoms with Gasteiger partial charge in [0.1, 0.15) is 23.3 Å². The maximum atomic E-state index is 14.1. The Bertz CT molecular complexity index is 645. The first-order valence-electron chi connectivity index (χ1n) is 6.14. The van der Waals surface area contributed by atoms with Gasteiger partial charge in [-0.15, -0.1) is 0 Å². The van der Waals surface area contributed by atoms with E-state index in [1.54, 1.807) is 7.05 Å². The number of rotatable bonds is 3. The summed E-state index contributed by atoms with van der Waals surface area (Å²) in [4.78, 5) is 8.54. The minimum absolute atomic E-state index is 0.0559. The van der Waals surface area contributed by atoms with Gasteiger partial charge in [-0.25, -0.2) is 18.7 Å². The second-order valence-corrected chi connectivity index (χ2v) is 5.47. The molecular formula is C14H14BrF2N3. The minimum atomic E-state index is -0.666. The summed E-state index contributed by atoms with van der Waals surface area (Å²) in [6.07, 6.45) is 0. The molecule has 0 radical (unpaired) electrons. The molecule has 0 unspecified atom stereocenters. The van der Waals surface area contributed by atoms with E-state index >= 15 is 0 Å². The molecule has 3 nitrogen and oxygen atoms in total. The van der Waals surface area contributed by atoms with Crippen molar-refractivity contribution >= 4 is 21.7 Å². The van der Waals surface area contributed by atoms with E-state index in [4.69, 9.17) is 0 Å². The van der Waals surface area contributed by atoms with Gasteiger partial charge in [0.15, 0.2) is 0 Å². The van der Waals surface area contributed by atoms with Crippen LogP contribution in [0.25, 0.3) is 11.3 Å². The van der Waals surface area contributed by atoms with Crippen LogP contribution in [0, 0.1) is 11.6 Å². The fraction of sp³-hybridized carbons (Fsp3) is 0.286. The standard InChI is InChI=1S/C14H14BrF2N3/c1-7(2)14-19-10(6-11(18-3)20-14)12-9(16)5-4-8(15)13(12)17/h4-7H,1-3H3,(H,18,19,20). The van der Waals surface area contributed by atoms with Gasteiger partial charge in [-0.05, 0) is 28.1 Å². The Labute approximate surface area is 124 Å². The summed E-state index contributed by atoms with van der Waals surface area (Å²) in [5, 5.41) is 2.88. The fourth-order valence-corrected chi connectivity index (χ4v) is 2.07. The number of hydrogen-bond donors (Lipinski definition) is 1. The number of nitrogens with zero attached hydrogens (tertiary/aromatic N) is 2. The summed E-state index contributed by atoms with van der Waals surface area (Å²) in [6.45, 7) is 3.85. The van der Waals surface area contributed by atoms with Crippen LogP contribution in [0.4, 0.5) is 14.6 Å². The Hall–Kier alpha value is -1.56. The third-order valence-corrected chi connectivity index (χ3v) is 3.43. The molecule has 0 saturated carbocycles. The second kappa shape index (κ2) is 5.83. The van der Waals surface area contributed by atoms with Crippen LogP contribution < -0.4 is 5.32 Å². The van der Waals surface area contributed by atoms with Crippen LogP contribution in [-0.4, -0.2) is 17.0 Å². The van der Waals surface area contributed by atoms with E-state index < -0.39 is 11.6 Å². The Morgan fingerprint density at radius 3 is 2.50 bits per heavy atom. The van der Waals surface area contributed by atoms with Crippen molar-refractivity contribution in [1.29, 1.82) is 0 Å². The Balaban J connectivity index is 2.69. The van der Waals surface area contributed by atoms with Crippen LogP contribution in [0.5, 0.6) is 0 Å². The summed E-state index contributed by atoms with van der Waals surface area (Å²) >= 11 is 3.06. The van der Waals surface area contributed by atoms with Crippen LogP contribution in [-0.2, 0) is 0 Å². The third-order valence-electron chi connectivity index (χ3n) is 2.82. The van der Waals surface area contributed by atoms with Gasteiger partial charge >= 0.3 is 0 Å². The summed E-state index contributed by atoms with van der Waals surface area (Å²) in [5.41, 5.74) is 0.0736. The number of anilines is 1. The van der Waals surface area contributed by atoms with Crippen molar-refractivity contribution in [2.24, 2.45) is 0 Å². The number of nitrogens with one attached hydrogen (secondary N) is 1. The molecule has 0 saturated heterocycles. The summed E-state index contributed by atoms with van der Waals surface area (Å²) in [5.74, 6) is -0.204. The topological polar surface area (TPSA) is 37.8 Å². The zero-order valence-electron chi connectivity index (χ0n) is 11.3. The zero-order chi connectivity index (χ0) is 14.9. The number of hydrogen-bond acceptors (Lipinski definition) is 3. The van der Waals surface area contributed by atoms with E-state index in [0.29, 0.717) is 11.6 Å². The fourth-order valence-electron chi connectivity index (χ4n) is 1.74. The van der Waals surface area contributed by atoms with Gasteiger partial charge in [0.25, 0.3) is 0 Å². The number of aromatic nitrogens is 2. The van der Waals surface area contributed by atoms with E-state index in [9.17, 15) is 8.78 Å². The molecule has 1 aromatic heterocycles. The second-order valence-electron chi connectivity index (χ2n) is 4.62. The first kappa shape index (κ1) is 14.8. The van der Waals surface area contributed by atoms with Crippen LogP contribution >= 0.6 is 15.9 Å².